The molecule has 0 aliphatic heterocycles. The molecule has 0 amide bonds. The quantitative estimate of drug-likeness (QED) is 0.586. The van der Waals surface area contributed by atoms with Gasteiger partial charge in [0.2, 0.25) is 0 Å². The lowest BCUT2D eigenvalue weighted by atomic mass is 10.1. The van der Waals surface area contributed by atoms with Gasteiger partial charge in [-0.2, -0.15) is 0 Å². The van der Waals surface area contributed by atoms with Gasteiger partial charge in [-0.05, 0) is 31.4 Å². The highest BCUT2D eigenvalue weighted by Gasteiger charge is 2.08. The van der Waals surface area contributed by atoms with Crippen LogP contribution in [0.5, 0.6) is 0 Å². The molecule has 0 saturated heterocycles. The second-order valence-corrected chi connectivity index (χ2v) is 4.15. The van der Waals surface area contributed by atoms with Crippen molar-refractivity contribution >= 4 is 22.6 Å². The third-order valence-electron chi connectivity index (χ3n) is 2.56. The van der Waals surface area contributed by atoms with E-state index in [0.29, 0.717) is 11.5 Å². The lowest BCUT2D eigenvalue weighted by Gasteiger charge is -1.96. The second kappa shape index (κ2) is 5.30. The molecule has 0 unspecified atom stereocenters. The Bertz CT molecular complexity index is 469. The maximum atomic E-state index is 12.9. The van der Waals surface area contributed by atoms with Crippen LogP contribution in [-0.4, -0.2) is 11.0 Å². The molecule has 0 aliphatic carbocycles. The Hall–Kier alpha value is -1.09. The Morgan fingerprint density at radius 3 is 2.94 bits per heavy atom. The molecule has 0 spiro atoms. The fourth-order valence-corrected chi connectivity index (χ4v) is 1.90. The Morgan fingerprint density at radius 2 is 2.12 bits per heavy atom. The second-order valence-electron chi connectivity index (χ2n) is 3.77. The van der Waals surface area contributed by atoms with Crippen molar-refractivity contribution in [1.82, 2.24) is 5.16 Å². The summed E-state index contributed by atoms with van der Waals surface area (Å²) in [6.45, 7) is 0. The number of halogens is 2. The van der Waals surface area contributed by atoms with Crippen LogP contribution in [0.1, 0.15) is 25.0 Å². The van der Waals surface area contributed by atoms with Crippen LogP contribution in [0.3, 0.4) is 0 Å². The van der Waals surface area contributed by atoms with Crippen LogP contribution in [-0.2, 0) is 6.42 Å². The van der Waals surface area contributed by atoms with Crippen LogP contribution in [0, 0.1) is 5.82 Å². The van der Waals surface area contributed by atoms with Gasteiger partial charge in [-0.15, -0.1) is 11.6 Å². The van der Waals surface area contributed by atoms with Crippen LogP contribution in [0.4, 0.5) is 4.39 Å². The molecule has 2 nitrogen and oxygen atoms in total. The standard InChI is InChI=1S/C12H13ClFNO/c13-7-3-1-2-4-11-10-6-5-9(14)8-12(10)16-15-11/h5-6,8H,1-4,7H2. The zero-order valence-corrected chi connectivity index (χ0v) is 9.63. The number of hydrogen-bond acceptors (Lipinski definition) is 2. The summed E-state index contributed by atoms with van der Waals surface area (Å²) in [6, 6.07) is 4.52. The summed E-state index contributed by atoms with van der Waals surface area (Å²) in [5, 5.41) is 4.87. The number of nitrogens with zero attached hydrogens (tertiary/aromatic N) is 1. The normalized spacial score (nSPS) is 11.1. The average molecular weight is 242 g/mol. The highest BCUT2D eigenvalue weighted by Crippen LogP contribution is 2.21. The molecule has 86 valence electrons. The Balaban J connectivity index is 2.07. The molecule has 2 rings (SSSR count). The zero-order chi connectivity index (χ0) is 11.4. The van der Waals surface area contributed by atoms with Crippen molar-refractivity contribution in [3.8, 4) is 0 Å². The fraction of sp³-hybridized carbons (Fsp3) is 0.417. The van der Waals surface area contributed by atoms with Crippen molar-refractivity contribution in [2.45, 2.75) is 25.7 Å². The maximum Gasteiger partial charge on any atom is 0.170 e. The predicted octanol–water partition coefficient (Wildman–Crippen LogP) is 3.92. The first-order valence-electron chi connectivity index (χ1n) is 5.41. The minimum Gasteiger partial charge on any atom is -0.356 e. The molecular weight excluding hydrogens is 229 g/mol. The monoisotopic (exact) mass is 241 g/mol. The Labute approximate surface area is 98.4 Å². The molecule has 1 aromatic carbocycles. The molecule has 0 aliphatic rings. The number of hydrogen-bond donors (Lipinski definition) is 0. The van der Waals surface area contributed by atoms with Crippen molar-refractivity contribution in [1.29, 1.82) is 0 Å². The summed E-state index contributed by atoms with van der Waals surface area (Å²) in [7, 11) is 0. The van der Waals surface area contributed by atoms with E-state index in [2.05, 4.69) is 5.16 Å². The summed E-state index contributed by atoms with van der Waals surface area (Å²) < 4.78 is 18.0. The first-order chi connectivity index (χ1) is 7.81. The molecule has 0 radical (unpaired) electrons. The Kier molecular flexibility index (Phi) is 3.78. The van der Waals surface area contributed by atoms with E-state index < -0.39 is 0 Å². The van der Waals surface area contributed by atoms with Gasteiger partial charge >= 0.3 is 0 Å². The summed E-state index contributed by atoms with van der Waals surface area (Å²) in [5.74, 6) is 0.405. The topological polar surface area (TPSA) is 26.0 Å². The van der Waals surface area contributed by atoms with Gasteiger partial charge in [-0.25, -0.2) is 4.39 Å². The van der Waals surface area contributed by atoms with Crippen LogP contribution in [0.15, 0.2) is 22.7 Å². The molecule has 0 N–H and O–H groups in total. The number of aromatic nitrogens is 1. The molecular formula is C12H13ClFNO. The minimum atomic E-state index is -0.294. The molecule has 0 bridgehead atoms. The smallest absolute Gasteiger partial charge is 0.170 e. The van der Waals surface area contributed by atoms with Crippen molar-refractivity contribution in [3.05, 3.63) is 29.7 Å². The van der Waals surface area contributed by atoms with Gasteiger partial charge in [0.05, 0.1) is 5.69 Å². The van der Waals surface area contributed by atoms with E-state index >= 15 is 0 Å². The number of aryl methyl sites for hydroxylation is 1. The zero-order valence-electron chi connectivity index (χ0n) is 8.88. The van der Waals surface area contributed by atoms with E-state index in [-0.39, 0.29) is 5.82 Å². The molecule has 1 aromatic heterocycles. The molecule has 0 fully saturated rings. The van der Waals surface area contributed by atoms with Crippen LogP contribution in [0.2, 0.25) is 0 Å². The Morgan fingerprint density at radius 1 is 1.25 bits per heavy atom. The third-order valence-corrected chi connectivity index (χ3v) is 2.82. The van der Waals surface area contributed by atoms with Gasteiger partial charge in [0, 0.05) is 17.3 Å². The minimum absolute atomic E-state index is 0.294. The number of rotatable bonds is 5. The summed E-state index contributed by atoms with van der Waals surface area (Å²) >= 11 is 5.60. The SMILES string of the molecule is Fc1ccc2c(CCCCCCl)noc2c1. The maximum absolute atomic E-state index is 12.9. The van der Waals surface area contributed by atoms with Crippen molar-refractivity contribution in [2.24, 2.45) is 0 Å². The number of alkyl halides is 1. The van der Waals surface area contributed by atoms with Crippen molar-refractivity contribution < 1.29 is 8.91 Å². The predicted molar refractivity (Wildman–Crippen MR) is 62.2 cm³/mol. The summed E-state index contributed by atoms with van der Waals surface area (Å²) in [5.41, 5.74) is 1.43. The van der Waals surface area contributed by atoms with E-state index in [1.807, 2.05) is 0 Å². The highest BCUT2D eigenvalue weighted by atomic mass is 35.5. The van der Waals surface area contributed by atoms with Gasteiger partial charge in [0.1, 0.15) is 5.82 Å². The fourth-order valence-electron chi connectivity index (χ4n) is 1.71. The van der Waals surface area contributed by atoms with Gasteiger partial charge in [-0.1, -0.05) is 11.6 Å². The molecule has 0 atom stereocenters. The van der Waals surface area contributed by atoms with Gasteiger partial charge < -0.3 is 4.52 Å². The molecule has 16 heavy (non-hydrogen) atoms. The molecule has 2 aromatic rings. The van der Waals surface area contributed by atoms with Gasteiger partial charge in [0.15, 0.2) is 5.58 Å². The highest BCUT2D eigenvalue weighted by molar-refractivity contribution is 6.17. The largest absolute Gasteiger partial charge is 0.356 e. The van der Waals surface area contributed by atoms with Crippen LogP contribution < -0.4 is 0 Å². The third kappa shape index (κ3) is 2.53. The molecule has 1 heterocycles. The van der Waals surface area contributed by atoms with Gasteiger partial charge in [-0.3, -0.25) is 0 Å². The van der Waals surface area contributed by atoms with E-state index in [4.69, 9.17) is 16.1 Å². The lowest BCUT2D eigenvalue weighted by Crippen LogP contribution is -1.87. The number of unbranched alkanes of at least 4 members (excludes halogenated alkanes) is 2. The number of benzene rings is 1. The lowest BCUT2D eigenvalue weighted by molar-refractivity contribution is 0.442. The number of fused-ring (bicyclic) bond motifs is 1. The summed E-state index contributed by atoms with van der Waals surface area (Å²) in [6.07, 6.45) is 3.99. The van der Waals surface area contributed by atoms with Crippen LogP contribution in [0.25, 0.3) is 11.0 Å². The van der Waals surface area contributed by atoms with E-state index in [0.717, 1.165) is 36.8 Å². The van der Waals surface area contributed by atoms with E-state index in [9.17, 15) is 4.39 Å². The summed E-state index contributed by atoms with van der Waals surface area (Å²) in [4.78, 5) is 0. The first-order valence-corrected chi connectivity index (χ1v) is 5.94. The van der Waals surface area contributed by atoms with Crippen LogP contribution >= 0.6 is 11.6 Å². The average Bonchev–Trinajstić information content (AvgIpc) is 2.67. The van der Waals surface area contributed by atoms with E-state index in [1.54, 1.807) is 6.07 Å². The molecule has 4 heteroatoms. The molecule has 0 saturated carbocycles. The van der Waals surface area contributed by atoms with Gasteiger partial charge in [0.25, 0.3) is 0 Å². The van der Waals surface area contributed by atoms with E-state index in [1.165, 1.54) is 12.1 Å². The first kappa shape index (κ1) is 11.4. The van der Waals surface area contributed by atoms with Crippen molar-refractivity contribution in [3.63, 3.8) is 0 Å². The van der Waals surface area contributed by atoms with Crippen molar-refractivity contribution in [2.75, 3.05) is 5.88 Å².